The highest BCUT2D eigenvalue weighted by Gasteiger charge is 2.29. The molecule has 0 amide bonds. The lowest BCUT2D eigenvalue weighted by Gasteiger charge is -2.26. The summed E-state index contributed by atoms with van der Waals surface area (Å²) in [5.41, 5.74) is 5.83. The molecule has 0 spiro atoms. The molecule has 0 saturated heterocycles. The zero-order chi connectivity index (χ0) is 12.6. The van der Waals surface area contributed by atoms with Crippen LogP contribution in [0.4, 0.5) is 4.39 Å². The Bertz CT molecular complexity index is 440. The summed E-state index contributed by atoms with van der Waals surface area (Å²) in [6, 6.07) is 1.68. The molecule has 94 valence electrons. The first-order valence-electron chi connectivity index (χ1n) is 5.40. The van der Waals surface area contributed by atoms with Gasteiger partial charge in [-0.2, -0.15) is 4.39 Å². The Balaban J connectivity index is 2.64. The maximum atomic E-state index is 14.2. The topological polar surface area (TPSA) is 53.7 Å². The van der Waals surface area contributed by atoms with Gasteiger partial charge in [-0.15, -0.1) is 0 Å². The molecule has 17 heavy (non-hydrogen) atoms. The molecular weight excluding hydrogens is 225 g/mol. The monoisotopic (exact) mass is 241 g/mol. The average Bonchev–Trinajstić information content (AvgIpc) is 2.28. The fourth-order valence-electron chi connectivity index (χ4n) is 1.81. The Morgan fingerprint density at radius 2 is 2.00 bits per heavy atom. The molecule has 0 aliphatic carbocycles. The lowest BCUT2D eigenvalue weighted by atomic mass is 9.93. The van der Waals surface area contributed by atoms with E-state index < -0.39 is 11.4 Å². The lowest BCUT2D eigenvalue weighted by Crippen LogP contribution is -2.30. The van der Waals surface area contributed by atoms with Crippen LogP contribution in [0.5, 0.6) is 17.2 Å². The predicted octanol–water partition coefficient (Wildman–Crippen LogP) is 1.80. The van der Waals surface area contributed by atoms with Gasteiger partial charge in [0.15, 0.2) is 11.5 Å². The van der Waals surface area contributed by atoms with Crippen molar-refractivity contribution in [2.24, 2.45) is 5.73 Å². The van der Waals surface area contributed by atoms with E-state index in [0.29, 0.717) is 24.5 Å². The van der Waals surface area contributed by atoms with Crippen molar-refractivity contribution in [3.63, 3.8) is 0 Å². The summed E-state index contributed by atoms with van der Waals surface area (Å²) in [4.78, 5) is 0. The summed E-state index contributed by atoms with van der Waals surface area (Å²) in [5.74, 6) is 0.0316. The van der Waals surface area contributed by atoms with Crippen LogP contribution in [-0.4, -0.2) is 20.3 Å². The third-order valence-electron chi connectivity index (χ3n) is 2.63. The third-order valence-corrected chi connectivity index (χ3v) is 2.63. The molecule has 1 aromatic carbocycles. The van der Waals surface area contributed by atoms with E-state index in [1.165, 1.54) is 7.11 Å². The standard InChI is InChI=1S/C12H16FNO3/c1-12(2,14)7-6-8-11(17-5-4-16-8)9(13)10(7)15-3/h6H,4-5,14H2,1-3H3. The molecule has 1 heterocycles. The molecule has 0 saturated carbocycles. The van der Waals surface area contributed by atoms with Gasteiger partial charge in [-0.05, 0) is 19.9 Å². The van der Waals surface area contributed by atoms with Gasteiger partial charge in [0.05, 0.1) is 7.11 Å². The zero-order valence-corrected chi connectivity index (χ0v) is 10.2. The number of hydrogen-bond donors (Lipinski definition) is 1. The minimum absolute atomic E-state index is 0.0982. The van der Waals surface area contributed by atoms with Gasteiger partial charge >= 0.3 is 0 Å². The maximum Gasteiger partial charge on any atom is 0.211 e. The van der Waals surface area contributed by atoms with E-state index in [-0.39, 0.29) is 11.5 Å². The summed E-state index contributed by atoms with van der Waals surface area (Å²) < 4.78 is 29.8. The summed E-state index contributed by atoms with van der Waals surface area (Å²) in [6.07, 6.45) is 0. The molecule has 4 nitrogen and oxygen atoms in total. The van der Waals surface area contributed by atoms with E-state index in [1.54, 1.807) is 19.9 Å². The minimum Gasteiger partial charge on any atom is -0.493 e. The van der Waals surface area contributed by atoms with E-state index in [1.807, 2.05) is 0 Å². The van der Waals surface area contributed by atoms with E-state index >= 15 is 0 Å². The quantitative estimate of drug-likeness (QED) is 0.857. The number of halogens is 1. The highest BCUT2D eigenvalue weighted by Crippen LogP contribution is 2.43. The Morgan fingerprint density at radius 3 is 2.59 bits per heavy atom. The van der Waals surface area contributed by atoms with Crippen LogP contribution in [0.25, 0.3) is 0 Å². The first-order chi connectivity index (χ1) is 7.95. The molecule has 0 fully saturated rings. The minimum atomic E-state index is -0.720. The fourth-order valence-corrected chi connectivity index (χ4v) is 1.81. The van der Waals surface area contributed by atoms with Gasteiger partial charge in [0.2, 0.25) is 11.6 Å². The molecule has 0 atom stereocenters. The van der Waals surface area contributed by atoms with Crippen molar-refractivity contribution >= 4 is 0 Å². The van der Waals surface area contributed by atoms with Crippen molar-refractivity contribution in [2.75, 3.05) is 20.3 Å². The third kappa shape index (κ3) is 2.02. The molecular formula is C12H16FNO3. The second kappa shape index (κ2) is 4.07. The number of fused-ring (bicyclic) bond motifs is 1. The molecule has 1 aliphatic rings. The van der Waals surface area contributed by atoms with Crippen LogP contribution in [0, 0.1) is 5.82 Å². The molecule has 2 rings (SSSR count). The summed E-state index contributed by atoms with van der Waals surface area (Å²) >= 11 is 0. The number of nitrogens with two attached hydrogens (primary N) is 1. The van der Waals surface area contributed by atoms with Crippen LogP contribution in [0.15, 0.2) is 6.07 Å². The maximum absolute atomic E-state index is 14.2. The number of benzene rings is 1. The molecule has 0 aromatic heterocycles. The second-order valence-corrected chi connectivity index (χ2v) is 4.52. The van der Waals surface area contributed by atoms with Crippen molar-refractivity contribution < 1.29 is 18.6 Å². The molecule has 0 radical (unpaired) electrons. The van der Waals surface area contributed by atoms with Crippen molar-refractivity contribution in [3.05, 3.63) is 17.4 Å². The summed E-state index contributed by atoms with van der Waals surface area (Å²) in [5, 5.41) is 0. The van der Waals surface area contributed by atoms with Crippen LogP contribution in [0.2, 0.25) is 0 Å². The lowest BCUT2D eigenvalue weighted by molar-refractivity contribution is 0.161. The van der Waals surface area contributed by atoms with Gasteiger partial charge in [0, 0.05) is 11.1 Å². The molecule has 1 aliphatic heterocycles. The van der Waals surface area contributed by atoms with Gasteiger partial charge in [0.1, 0.15) is 13.2 Å². The summed E-state index contributed by atoms with van der Waals surface area (Å²) in [6.45, 7) is 4.29. The predicted molar refractivity (Wildman–Crippen MR) is 61.2 cm³/mol. The van der Waals surface area contributed by atoms with E-state index in [9.17, 15) is 4.39 Å². The normalized spacial score (nSPS) is 14.6. The zero-order valence-electron chi connectivity index (χ0n) is 10.2. The van der Waals surface area contributed by atoms with Crippen LogP contribution >= 0.6 is 0 Å². The molecule has 0 bridgehead atoms. The van der Waals surface area contributed by atoms with Crippen LogP contribution < -0.4 is 19.9 Å². The van der Waals surface area contributed by atoms with Crippen molar-refractivity contribution in [3.8, 4) is 17.2 Å². The van der Waals surface area contributed by atoms with Gasteiger partial charge in [-0.1, -0.05) is 0 Å². The number of methoxy groups -OCH3 is 1. The first kappa shape index (κ1) is 12.0. The number of rotatable bonds is 2. The van der Waals surface area contributed by atoms with Crippen molar-refractivity contribution in [2.45, 2.75) is 19.4 Å². The average molecular weight is 241 g/mol. The van der Waals surface area contributed by atoms with E-state index in [2.05, 4.69) is 0 Å². The smallest absolute Gasteiger partial charge is 0.211 e. The van der Waals surface area contributed by atoms with Gasteiger partial charge in [-0.3, -0.25) is 0 Å². The van der Waals surface area contributed by atoms with Crippen LogP contribution in [0.3, 0.4) is 0 Å². The van der Waals surface area contributed by atoms with Crippen molar-refractivity contribution in [1.29, 1.82) is 0 Å². The molecule has 2 N–H and O–H groups in total. The van der Waals surface area contributed by atoms with Gasteiger partial charge < -0.3 is 19.9 Å². The Hall–Kier alpha value is -1.49. The van der Waals surface area contributed by atoms with E-state index in [0.717, 1.165) is 0 Å². The second-order valence-electron chi connectivity index (χ2n) is 4.52. The van der Waals surface area contributed by atoms with Crippen molar-refractivity contribution in [1.82, 2.24) is 0 Å². The Labute approximate surface area is 99.5 Å². The van der Waals surface area contributed by atoms with Gasteiger partial charge in [0.25, 0.3) is 0 Å². The number of ether oxygens (including phenoxy) is 3. The Kier molecular flexibility index (Phi) is 2.87. The first-order valence-corrected chi connectivity index (χ1v) is 5.40. The summed E-state index contributed by atoms with van der Waals surface area (Å²) in [7, 11) is 1.41. The number of hydrogen-bond acceptors (Lipinski definition) is 4. The highest BCUT2D eigenvalue weighted by atomic mass is 19.1. The Morgan fingerprint density at radius 1 is 1.35 bits per heavy atom. The fraction of sp³-hybridized carbons (Fsp3) is 0.500. The van der Waals surface area contributed by atoms with Gasteiger partial charge in [-0.25, -0.2) is 0 Å². The van der Waals surface area contributed by atoms with E-state index in [4.69, 9.17) is 19.9 Å². The SMILES string of the molecule is COc1c(C(C)(C)N)cc2c(c1F)OCCO2. The molecule has 1 aromatic rings. The molecule has 0 unspecified atom stereocenters. The largest absolute Gasteiger partial charge is 0.493 e. The molecule has 5 heteroatoms. The van der Waals surface area contributed by atoms with Crippen LogP contribution in [0.1, 0.15) is 19.4 Å². The highest BCUT2D eigenvalue weighted by molar-refractivity contribution is 5.54. The van der Waals surface area contributed by atoms with Crippen LogP contribution in [-0.2, 0) is 5.54 Å².